The molecule has 0 unspecified atom stereocenters. The molecule has 20 heavy (non-hydrogen) atoms. The topological polar surface area (TPSA) is 81.2 Å². The number of hydrogen-bond acceptors (Lipinski definition) is 5. The fourth-order valence-electron chi connectivity index (χ4n) is 1.61. The number of hydrogen-bond donors (Lipinski definition) is 1. The average molecular weight is 271 g/mol. The van der Waals surface area contributed by atoms with Crippen molar-refractivity contribution in [3.8, 4) is 0 Å². The summed E-state index contributed by atoms with van der Waals surface area (Å²) in [5.74, 6) is -0.883. The monoisotopic (exact) mass is 271 g/mol. The zero-order valence-corrected chi connectivity index (χ0v) is 10.8. The lowest BCUT2D eigenvalue weighted by Crippen LogP contribution is -2.25. The lowest BCUT2D eigenvalue weighted by atomic mass is 10.1. The standard InChI is InChI=1S/C14H13N3O3/c1-10(18)20-12(11-6-3-2-4-7-11)13(19)17-14-15-8-5-9-16-14/h2-9,12H,1H3,(H,15,16,17,19)/t12-/m1/s1. The fraction of sp³-hybridized carbons (Fsp3) is 0.143. The Hall–Kier alpha value is -2.76. The molecule has 2 rings (SSSR count). The van der Waals surface area contributed by atoms with Crippen molar-refractivity contribution in [3.63, 3.8) is 0 Å². The van der Waals surface area contributed by atoms with Crippen molar-refractivity contribution in [2.24, 2.45) is 0 Å². The van der Waals surface area contributed by atoms with E-state index in [-0.39, 0.29) is 5.95 Å². The summed E-state index contributed by atoms with van der Waals surface area (Å²) in [4.78, 5) is 31.1. The number of esters is 1. The third-order valence-corrected chi connectivity index (χ3v) is 2.43. The molecule has 0 aliphatic carbocycles. The van der Waals surface area contributed by atoms with Gasteiger partial charge in [-0.25, -0.2) is 9.97 Å². The normalized spacial score (nSPS) is 11.4. The Morgan fingerprint density at radius 3 is 2.35 bits per heavy atom. The molecule has 0 bridgehead atoms. The largest absolute Gasteiger partial charge is 0.447 e. The number of ether oxygens (including phenoxy) is 1. The second-order valence-electron chi connectivity index (χ2n) is 3.96. The molecule has 1 heterocycles. The molecule has 0 aliphatic rings. The van der Waals surface area contributed by atoms with Crippen LogP contribution >= 0.6 is 0 Å². The van der Waals surface area contributed by atoms with E-state index in [2.05, 4.69) is 15.3 Å². The molecule has 6 heteroatoms. The molecule has 0 radical (unpaired) electrons. The lowest BCUT2D eigenvalue weighted by Gasteiger charge is -2.16. The Morgan fingerprint density at radius 2 is 1.75 bits per heavy atom. The second kappa shape index (κ2) is 6.42. The maximum absolute atomic E-state index is 12.2. The van der Waals surface area contributed by atoms with Crippen molar-refractivity contribution in [2.45, 2.75) is 13.0 Å². The van der Waals surface area contributed by atoms with Crippen molar-refractivity contribution in [1.82, 2.24) is 9.97 Å². The molecule has 0 aliphatic heterocycles. The summed E-state index contributed by atoms with van der Waals surface area (Å²) in [6.07, 6.45) is 1.98. The molecule has 0 spiro atoms. The minimum atomic E-state index is -1.03. The second-order valence-corrected chi connectivity index (χ2v) is 3.96. The molecule has 1 N–H and O–H groups in total. The van der Waals surface area contributed by atoms with E-state index in [1.807, 2.05) is 6.07 Å². The summed E-state index contributed by atoms with van der Waals surface area (Å²) in [5, 5.41) is 2.51. The van der Waals surface area contributed by atoms with E-state index in [0.717, 1.165) is 0 Å². The van der Waals surface area contributed by atoms with Crippen LogP contribution in [0.15, 0.2) is 48.8 Å². The van der Waals surface area contributed by atoms with E-state index < -0.39 is 18.0 Å². The first-order valence-electron chi connectivity index (χ1n) is 5.97. The molecule has 102 valence electrons. The van der Waals surface area contributed by atoms with Crippen molar-refractivity contribution in [2.75, 3.05) is 5.32 Å². The van der Waals surface area contributed by atoms with Crippen LogP contribution in [-0.2, 0) is 14.3 Å². The van der Waals surface area contributed by atoms with Crippen molar-refractivity contribution >= 4 is 17.8 Å². The van der Waals surface area contributed by atoms with Crippen molar-refractivity contribution in [1.29, 1.82) is 0 Å². The molecular formula is C14H13N3O3. The highest BCUT2D eigenvalue weighted by Crippen LogP contribution is 2.19. The van der Waals surface area contributed by atoms with E-state index in [4.69, 9.17) is 4.74 Å². The Morgan fingerprint density at radius 1 is 1.10 bits per heavy atom. The van der Waals surface area contributed by atoms with Crippen LogP contribution in [0.2, 0.25) is 0 Å². The smallest absolute Gasteiger partial charge is 0.303 e. The number of carbonyl (C=O) groups excluding carboxylic acids is 2. The number of nitrogens with one attached hydrogen (secondary N) is 1. The van der Waals surface area contributed by atoms with Crippen LogP contribution in [0, 0.1) is 0 Å². The summed E-state index contributed by atoms with van der Waals surface area (Å²) in [7, 11) is 0. The highest BCUT2D eigenvalue weighted by molar-refractivity contribution is 5.94. The molecule has 0 saturated carbocycles. The van der Waals surface area contributed by atoms with Gasteiger partial charge in [0.25, 0.3) is 5.91 Å². The van der Waals surface area contributed by atoms with Gasteiger partial charge in [-0.2, -0.15) is 0 Å². The van der Waals surface area contributed by atoms with Crippen LogP contribution in [-0.4, -0.2) is 21.8 Å². The third kappa shape index (κ3) is 3.61. The molecule has 6 nitrogen and oxygen atoms in total. The summed E-state index contributed by atoms with van der Waals surface area (Å²) >= 11 is 0. The number of rotatable bonds is 4. The van der Waals surface area contributed by atoms with Crippen LogP contribution in [0.25, 0.3) is 0 Å². The van der Waals surface area contributed by atoms with Gasteiger partial charge >= 0.3 is 5.97 Å². The Bertz CT molecular complexity index is 587. The third-order valence-electron chi connectivity index (χ3n) is 2.43. The van der Waals surface area contributed by atoms with Gasteiger partial charge in [-0.05, 0) is 6.07 Å². The summed E-state index contributed by atoms with van der Waals surface area (Å²) in [6, 6.07) is 10.4. The Kier molecular flexibility index (Phi) is 4.39. The number of nitrogens with zero attached hydrogens (tertiary/aromatic N) is 2. The zero-order chi connectivity index (χ0) is 14.4. The molecule has 1 atom stereocenters. The molecule has 1 aromatic heterocycles. The minimum Gasteiger partial charge on any atom is -0.447 e. The van der Waals surface area contributed by atoms with Gasteiger partial charge in [-0.3, -0.25) is 14.9 Å². The van der Waals surface area contributed by atoms with E-state index in [1.54, 1.807) is 30.3 Å². The van der Waals surface area contributed by atoms with Gasteiger partial charge in [0.1, 0.15) is 0 Å². The Balaban J connectivity index is 2.18. The van der Waals surface area contributed by atoms with E-state index in [1.165, 1.54) is 19.3 Å². The number of aromatic nitrogens is 2. The SMILES string of the molecule is CC(=O)O[C@@H](C(=O)Nc1ncccn1)c1ccccc1. The lowest BCUT2D eigenvalue weighted by molar-refractivity contribution is -0.152. The number of carbonyl (C=O) groups is 2. The first-order valence-corrected chi connectivity index (χ1v) is 5.97. The van der Waals surface area contributed by atoms with Gasteiger partial charge in [-0.15, -0.1) is 0 Å². The molecular weight excluding hydrogens is 258 g/mol. The average Bonchev–Trinajstić information content (AvgIpc) is 2.46. The van der Waals surface area contributed by atoms with Gasteiger partial charge in [-0.1, -0.05) is 30.3 Å². The number of amides is 1. The molecule has 2 aromatic rings. The van der Waals surface area contributed by atoms with Crippen LogP contribution in [0.1, 0.15) is 18.6 Å². The first-order chi connectivity index (χ1) is 9.66. The number of benzene rings is 1. The van der Waals surface area contributed by atoms with Crippen LogP contribution in [0.3, 0.4) is 0 Å². The van der Waals surface area contributed by atoms with E-state index in [0.29, 0.717) is 5.56 Å². The predicted octanol–water partition coefficient (Wildman–Crippen LogP) is 1.72. The molecule has 0 fully saturated rings. The quantitative estimate of drug-likeness (QED) is 0.856. The predicted molar refractivity (Wildman–Crippen MR) is 71.6 cm³/mol. The van der Waals surface area contributed by atoms with E-state index in [9.17, 15) is 9.59 Å². The van der Waals surface area contributed by atoms with Crippen molar-refractivity contribution < 1.29 is 14.3 Å². The first kappa shape index (κ1) is 13.7. The van der Waals surface area contributed by atoms with Gasteiger partial charge in [0.15, 0.2) is 0 Å². The van der Waals surface area contributed by atoms with Crippen LogP contribution in [0.5, 0.6) is 0 Å². The summed E-state index contributed by atoms with van der Waals surface area (Å²) < 4.78 is 5.06. The maximum Gasteiger partial charge on any atom is 0.303 e. The van der Waals surface area contributed by atoms with Crippen LogP contribution in [0.4, 0.5) is 5.95 Å². The molecule has 1 aromatic carbocycles. The number of anilines is 1. The van der Waals surface area contributed by atoms with Crippen LogP contribution < -0.4 is 5.32 Å². The van der Waals surface area contributed by atoms with Gasteiger partial charge in [0.2, 0.25) is 12.1 Å². The summed E-state index contributed by atoms with van der Waals surface area (Å²) in [6.45, 7) is 1.25. The van der Waals surface area contributed by atoms with Crippen molar-refractivity contribution in [3.05, 3.63) is 54.4 Å². The van der Waals surface area contributed by atoms with Gasteiger partial charge in [0, 0.05) is 24.9 Å². The highest BCUT2D eigenvalue weighted by Gasteiger charge is 2.24. The minimum absolute atomic E-state index is 0.158. The van der Waals surface area contributed by atoms with E-state index >= 15 is 0 Å². The highest BCUT2D eigenvalue weighted by atomic mass is 16.5. The Labute approximate surface area is 115 Å². The van der Waals surface area contributed by atoms with Gasteiger partial charge in [0.05, 0.1) is 0 Å². The fourth-order valence-corrected chi connectivity index (χ4v) is 1.61. The molecule has 0 saturated heterocycles. The van der Waals surface area contributed by atoms with Gasteiger partial charge < -0.3 is 4.74 Å². The zero-order valence-electron chi connectivity index (χ0n) is 10.8. The summed E-state index contributed by atoms with van der Waals surface area (Å²) in [5.41, 5.74) is 0.580. The molecule has 1 amide bonds. The maximum atomic E-state index is 12.2.